The van der Waals surface area contributed by atoms with Crippen LogP contribution >= 0.6 is 0 Å². The molecule has 2 N–H and O–H groups in total. The fourth-order valence-electron chi connectivity index (χ4n) is 2.32. The van der Waals surface area contributed by atoms with Crippen molar-refractivity contribution in [2.24, 2.45) is 7.05 Å². The highest BCUT2D eigenvalue weighted by Gasteiger charge is 2.20. The van der Waals surface area contributed by atoms with Gasteiger partial charge in [-0.2, -0.15) is 5.10 Å². The molecular formula is C12H22N4O2S. The fourth-order valence-corrected chi connectivity index (χ4v) is 3.67. The summed E-state index contributed by atoms with van der Waals surface area (Å²) in [6.45, 7) is 1.33. The molecule has 7 heteroatoms. The molecule has 0 aromatic carbocycles. The van der Waals surface area contributed by atoms with Crippen molar-refractivity contribution in [3.05, 3.63) is 18.0 Å². The van der Waals surface area contributed by atoms with Crippen LogP contribution < -0.4 is 10.0 Å². The molecule has 0 bridgehead atoms. The van der Waals surface area contributed by atoms with Gasteiger partial charge in [0.2, 0.25) is 10.0 Å². The fraction of sp³-hybridized carbons (Fsp3) is 0.750. The average molecular weight is 286 g/mol. The lowest BCUT2D eigenvalue weighted by Gasteiger charge is -2.23. The summed E-state index contributed by atoms with van der Waals surface area (Å²) in [4.78, 5) is 0. The molecule has 108 valence electrons. The van der Waals surface area contributed by atoms with Gasteiger partial charge in [-0.1, -0.05) is 6.42 Å². The lowest BCUT2D eigenvalue weighted by molar-refractivity contribution is 0.422. The number of hydrogen-bond donors (Lipinski definition) is 2. The maximum absolute atomic E-state index is 11.9. The monoisotopic (exact) mass is 286 g/mol. The van der Waals surface area contributed by atoms with Crippen LogP contribution in [0.5, 0.6) is 0 Å². The van der Waals surface area contributed by atoms with Crippen molar-refractivity contribution in [1.82, 2.24) is 19.8 Å². The van der Waals surface area contributed by atoms with Crippen molar-refractivity contribution < 1.29 is 8.42 Å². The summed E-state index contributed by atoms with van der Waals surface area (Å²) in [5.74, 6) is 0.176. The number of piperidine rings is 1. The number of nitrogens with zero attached hydrogens (tertiary/aromatic N) is 2. The van der Waals surface area contributed by atoms with Crippen LogP contribution in [0, 0.1) is 0 Å². The van der Waals surface area contributed by atoms with Gasteiger partial charge in [0, 0.05) is 32.3 Å². The Hall–Kier alpha value is -0.920. The van der Waals surface area contributed by atoms with Gasteiger partial charge >= 0.3 is 0 Å². The molecule has 1 aliphatic heterocycles. The number of rotatable bonds is 6. The molecule has 1 fully saturated rings. The Bertz CT molecular complexity index is 492. The highest BCUT2D eigenvalue weighted by atomic mass is 32.2. The highest BCUT2D eigenvalue weighted by molar-refractivity contribution is 7.89. The normalized spacial score (nSPS) is 20.6. The van der Waals surface area contributed by atoms with Crippen LogP contribution in [0.3, 0.4) is 0 Å². The zero-order valence-corrected chi connectivity index (χ0v) is 12.1. The minimum atomic E-state index is -3.19. The number of sulfonamides is 1. The van der Waals surface area contributed by atoms with Crippen LogP contribution in [0.25, 0.3) is 0 Å². The lowest BCUT2D eigenvalue weighted by atomic mass is 10.1. The smallest absolute Gasteiger partial charge is 0.213 e. The van der Waals surface area contributed by atoms with Crippen molar-refractivity contribution in [3.8, 4) is 0 Å². The van der Waals surface area contributed by atoms with E-state index in [1.54, 1.807) is 4.68 Å². The molecule has 1 aromatic heterocycles. The third-order valence-electron chi connectivity index (χ3n) is 3.30. The predicted molar refractivity (Wildman–Crippen MR) is 74.3 cm³/mol. The molecule has 6 nitrogen and oxygen atoms in total. The van der Waals surface area contributed by atoms with Gasteiger partial charge in [0.05, 0.1) is 11.4 Å². The molecule has 2 heterocycles. The van der Waals surface area contributed by atoms with Crippen molar-refractivity contribution in [2.45, 2.75) is 31.7 Å². The minimum absolute atomic E-state index is 0.0982. The molecule has 1 aliphatic rings. The molecular weight excluding hydrogens is 264 g/mol. The van der Waals surface area contributed by atoms with E-state index in [1.807, 2.05) is 19.3 Å². The first-order valence-corrected chi connectivity index (χ1v) is 8.40. The van der Waals surface area contributed by atoms with E-state index in [-0.39, 0.29) is 11.8 Å². The van der Waals surface area contributed by atoms with E-state index < -0.39 is 10.0 Å². The van der Waals surface area contributed by atoms with E-state index in [0.717, 1.165) is 31.5 Å². The topological polar surface area (TPSA) is 76.0 Å². The van der Waals surface area contributed by atoms with Gasteiger partial charge in [0.25, 0.3) is 0 Å². The van der Waals surface area contributed by atoms with Crippen LogP contribution in [0.15, 0.2) is 12.3 Å². The summed E-state index contributed by atoms with van der Waals surface area (Å²) < 4.78 is 28.2. The molecule has 1 aromatic rings. The van der Waals surface area contributed by atoms with Crippen molar-refractivity contribution in [3.63, 3.8) is 0 Å². The SMILES string of the molecule is Cn1ccc(CCNS(=O)(=O)CC2CCCCN2)n1. The van der Waals surface area contributed by atoms with Crippen LogP contribution in [0.1, 0.15) is 25.0 Å². The van der Waals surface area contributed by atoms with Gasteiger partial charge in [0.1, 0.15) is 0 Å². The standard InChI is InChI=1S/C12H22N4O2S/c1-16-9-6-11(15-16)5-8-14-19(17,18)10-12-4-2-3-7-13-12/h6,9,12-14H,2-5,7-8,10H2,1H3. The molecule has 0 radical (unpaired) electrons. The Morgan fingerprint density at radius 2 is 2.37 bits per heavy atom. The second-order valence-corrected chi connectivity index (χ2v) is 6.90. The molecule has 2 rings (SSSR count). The lowest BCUT2D eigenvalue weighted by Crippen LogP contribution is -2.43. The molecule has 0 aliphatic carbocycles. The second kappa shape index (κ2) is 6.49. The van der Waals surface area contributed by atoms with Crippen LogP contribution in [0.2, 0.25) is 0 Å². The van der Waals surface area contributed by atoms with Gasteiger partial charge in [-0.15, -0.1) is 0 Å². The molecule has 0 saturated carbocycles. The third-order valence-corrected chi connectivity index (χ3v) is 4.79. The van der Waals surface area contributed by atoms with E-state index in [0.29, 0.717) is 13.0 Å². The van der Waals surface area contributed by atoms with Crippen LogP contribution in [-0.2, 0) is 23.5 Å². The Morgan fingerprint density at radius 1 is 1.53 bits per heavy atom. The summed E-state index contributed by atoms with van der Waals surface area (Å²) in [5.41, 5.74) is 0.904. The molecule has 1 atom stereocenters. The molecule has 19 heavy (non-hydrogen) atoms. The first-order valence-electron chi connectivity index (χ1n) is 6.74. The average Bonchev–Trinajstić information content (AvgIpc) is 2.75. The maximum Gasteiger partial charge on any atom is 0.213 e. The summed E-state index contributed by atoms with van der Waals surface area (Å²) in [6, 6.07) is 2.00. The van der Waals surface area contributed by atoms with Crippen LogP contribution in [0.4, 0.5) is 0 Å². The van der Waals surface area contributed by atoms with Crippen molar-refractivity contribution >= 4 is 10.0 Å². The predicted octanol–water partition coefficient (Wildman–Crippen LogP) is 0.0241. The molecule has 1 unspecified atom stereocenters. The van der Waals surface area contributed by atoms with Gasteiger partial charge in [-0.05, 0) is 25.5 Å². The number of hydrogen-bond acceptors (Lipinski definition) is 4. The Labute approximate surface area is 114 Å². The zero-order valence-electron chi connectivity index (χ0n) is 11.3. The number of aromatic nitrogens is 2. The second-order valence-electron chi connectivity index (χ2n) is 5.05. The Kier molecular flexibility index (Phi) is 4.95. The van der Waals surface area contributed by atoms with E-state index in [4.69, 9.17) is 0 Å². The minimum Gasteiger partial charge on any atom is -0.313 e. The summed E-state index contributed by atoms with van der Waals surface area (Å²) in [5, 5.41) is 7.47. The van der Waals surface area contributed by atoms with E-state index >= 15 is 0 Å². The van der Waals surface area contributed by atoms with Crippen molar-refractivity contribution in [1.29, 1.82) is 0 Å². The summed E-state index contributed by atoms with van der Waals surface area (Å²) in [7, 11) is -1.34. The van der Waals surface area contributed by atoms with E-state index in [9.17, 15) is 8.42 Å². The Morgan fingerprint density at radius 3 is 3.00 bits per heavy atom. The van der Waals surface area contributed by atoms with Gasteiger partial charge in [0.15, 0.2) is 0 Å². The molecule has 0 spiro atoms. The molecule has 1 saturated heterocycles. The largest absolute Gasteiger partial charge is 0.313 e. The highest BCUT2D eigenvalue weighted by Crippen LogP contribution is 2.08. The molecule has 0 amide bonds. The van der Waals surface area contributed by atoms with Crippen molar-refractivity contribution in [2.75, 3.05) is 18.8 Å². The van der Waals surface area contributed by atoms with Crippen LogP contribution in [-0.4, -0.2) is 43.1 Å². The summed E-state index contributed by atoms with van der Waals surface area (Å²) in [6.07, 6.45) is 5.68. The first-order chi connectivity index (χ1) is 9.05. The number of nitrogens with one attached hydrogen (secondary N) is 2. The maximum atomic E-state index is 11.9. The van der Waals surface area contributed by atoms with E-state index in [1.165, 1.54) is 0 Å². The zero-order chi connectivity index (χ0) is 13.7. The van der Waals surface area contributed by atoms with E-state index in [2.05, 4.69) is 15.1 Å². The first kappa shape index (κ1) is 14.5. The summed E-state index contributed by atoms with van der Waals surface area (Å²) >= 11 is 0. The Balaban J connectivity index is 1.74. The number of aryl methyl sites for hydroxylation is 1. The quantitative estimate of drug-likeness (QED) is 0.773. The van der Waals surface area contributed by atoms with Gasteiger partial charge in [-0.25, -0.2) is 13.1 Å². The van der Waals surface area contributed by atoms with Gasteiger partial charge < -0.3 is 5.32 Å². The third kappa shape index (κ3) is 4.93. The van der Waals surface area contributed by atoms with Gasteiger partial charge in [-0.3, -0.25) is 4.68 Å².